The second-order valence-corrected chi connectivity index (χ2v) is 10.0. The van der Waals surface area contributed by atoms with Crippen LogP contribution in [-0.2, 0) is 4.74 Å². The number of rotatable bonds is 5. The highest BCUT2D eigenvalue weighted by Crippen LogP contribution is 2.32. The highest BCUT2D eigenvalue weighted by atomic mass is 19.3. The number of hydrogen-bond donors (Lipinski definition) is 1. The molecule has 1 aliphatic heterocycles. The van der Waals surface area contributed by atoms with E-state index in [-0.39, 0.29) is 11.7 Å². The van der Waals surface area contributed by atoms with Gasteiger partial charge in [0.15, 0.2) is 5.65 Å². The van der Waals surface area contributed by atoms with E-state index in [0.717, 1.165) is 17.2 Å². The summed E-state index contributed by atoms with van der Waals surface area (Å²) in [6.45, 7) is 9.81. The maximum atomic E-state index is 14.7. The molecule has 4 rings (SSSR count). The number of nitrogens with one attached hydrogen (secondary N) is 1. The van der Waals surface area contributed by atoms with Crippen molar-refractivity contribution in [3.8, 4) is 0 Å². The largest absolute Gasteiger partial charge is 0.444 e. The van der Waals surface area contributed by atoms with E-state index in [2.05, 4.69) is 20.3 Å². The molecule has 3 aromatic rings. The monoisotopic (exact) mass is 513 g/mol. The molecule has 0 fully saturated rings. The maximum absolute atomic E-state index is 14.7. The minimum Gasteiger partial charge on any atom is -0.444 e. The van der Waals surface area contributed by atoms with Crippen molar-refractivity contribution >= 4 is 28.5 Å². The minimum atomic E-state index is -2.91. The molecule has 1 aliphatic rings. The summed E-state index contributed by atoms with van der Waals surface area (Å²) in [4.78, 5) is 27.4. The van der Waals surface area contributed by atoms with Crippen LogP contribution in [0.4, 0.5) is 23.8 Å². The number of carbonyl (C=O) groups excluding carboxylic acids is 1. The molecule has 0 saturated heterocycles. The highest BCUT2D eigenvalue weighted by molar-refractivity contribution is 5.89. The van der Waals surface area contributed by atoms with Crippen molar-refractivity contribution in [3.63, 3.8) is 0 Å². The van der Waals surface area contributed by atoms with E-state index in [0.29, 0.717) is 42.2 Å². The Morgan fingerprint density at radius 2 is 1.92 bits per heavy atom. The van der Waals surface area contributed by atoms with Crippen LogP contribution in [0.2, 0.25) is 0 Å². The molecule has 0 unspecified atom stereocenters. The number of hydrogen-bond acceptors (Lipinski definition) is 6. The molecule has 37 heavy (non-hydrogen) atoms. The zero-order chi connectivity index (χ0) is 26.9. The number of benzene rings is 1. The summed E-state index contributed by atoms with van der Waals surface area (Å²) in [5.74, 6) is -0.0413. The van der Waals surface area contributed by atoms with Gasteiger partial charge >= 0.3 is 6.09 Å². The molecule has 3 heterocycles. The van der Waals surface area contributed by atoms with E-state index in [9.17, 15) is 18.0 Å². The van der Waals surface area contributed by atoms with Crippen LogP contribution in [0.1, 0.15) is 69.1 Å². The van der Waals surface area contributed by atoms with Gasteiger partial charge in [-0.15, -0.1) is 0 Å². The van der Waals surface area contributed by atoms with E-state index in [1.165, 1.54) is 12.1 Å². The van der Waals surface area contributed by atoms with E-state index in [4.69, 9.17) is 4.74 Å². The lowest BCUT2D eigenvalue weighted by Crippen LogP contribution is -2.39. The molecule has 10 heteroatoms. The van der Waals surface area contributed by atoms with Crippen molar-refractivity contribution < 1.29 is 22.7 Å². The Kier molecular flexibility index (Phi) is 7.38. The molecular formula is C27H30F3N5O2. The molecule has 196 valence electrons. The van der Waals surface area contributed by atoms with Gasteiger partial charge in [-0.3, -0.25) is 0 Å². The fourth-order valence-electron chi connectivity index (χ4n) is 4.18. The van der Waals surface area contributed by atoms with E-state index in [1.807, 2.05) is 32.9 Å². The van der Waals surface area contributed by atoms with Crippen molar-refractivity contribution in [3.05, 3.63) is 64.9 Å². The first-order chi connectivity index (χ1) is 17.4. The Labute approximate surface area is 213 Å². The molecule has 1 amide bonds. The number of amides is 1. The number of aromatic nitrogens is 3. The molecular weight excluding hydrogens is 483 g/mol. The molecule has 0 radical (unpaired) electrons. The van der Waals surface area contributed by atoms with Crippen LogP contribution in [0.3, 0.4) is 0 Å². The number of pyridine rings is 1. The fraction of sp³-hybridized carbons (Fsp3) is 0.407. The van der Waals surface area contributed by atoms with Crippen molar-refractivity contribution in [2.75, 3.05) is 18.4 Å². The number of carbonyl (C=O) groups is 1. The number of ether oxygens (including phenoxy) is 1. The van der Waals surface area contributed by atoms with Gasteiger partial charge in [-0.1, -0.05) is 24.3 Å². The SMILES string of the molecule is Cc1nc(N[C@H](C)c2cccc(C(F)F)c2F)c2cc(C3=CCN(C(=O)OC(C)(C)C)CC3)cnc2n1. The Balaban J connectivity index is 1.61. The fourth-order valence-corrected chi connectivity index (χ4v) is 4.18. The average Bonchev–Trinajstić information content (AvgIpc) is 2.82. The van der Waals surface area contributed by atoms with Crippen molar-refractivity contribution in [1.82, 2.24) is 19.9 Å². The summed E-state index contributed by atoms with van der Waals surface area (Å²) in [7, 11) is 0. The van der Waals surface area contributed by atoms with Crippen LogP contribution in [0.15, 0.2) is 36.5 Å². The summed E-state index contributed by atoms with van der Waals surface area (Å²) in [5, 5.41) is 3.78. The topological polar surface area (TPSA) is 80.2 Å². The first-order valence-corrected chi connectivity index (χ1v) is 12.1. The van der Waals surface area contributed by atoms with Gasteiger partial charge in [-0.05, 0) is 58.2 Å². The number of aryl methyl sites for hydroxylation is 1. The van der Waals surface area contributed by atoms with E-state index in [1.54, 1.807) is 24.9 Å². The number of anilines is 1. The number of fused-ring (bicyclic) bond motifs is 1. The third-order valence-electron chi connectivity index (χ3n) is 6.01. The van der Waals surface area contributed by atoms with Crippen molar-refractivity contribution in [2.24, 2.45) is 0 Å². The summed E-state index contributed by atoms with van der Waals surface area (Å²) in [5.41, 5.74) is 1.24. The summed E-state index contributed by atoms with van der Waals surface area (Å²) in [6.07, 6.45) is 1.04. The lowest BCUT2D eigenvalue weighted by Gasteiger charge is -2.29. The first-order valence-electron chi connectivity index (χ1n) is 12.1. The molecule has 0 bridgehead atoms. The summed E-state index contributed by atoms with van der Waals surface area (Å²) >= 11 is 0. The Bertz CT molecular complexity index is 1350. The number of halogens is 3. The molecule has 2 aromatic heterocycles. The van der Waals surface area contributed by atoms with E-state index >= 15 is 0 Å². The summed E-state index contributed by atoms with van der Waals surface area (Å²) in [6, 6.07) is 5.23. The van der Waals surface area contributed by atoms with Crippen LogP contribution in [0, 0.1) is 12.7 Å². The Morgan fingerprint density at radius 3 is 2.57 bits per heavy atom. The summed E-state index contributed by atoms with van der Waals surface area (Å²) < 4.78 is 46.6. The molecule has 7 nitrogen and oxygen atoms in total. The lowest BCUT2D eigenvalue weighted by molar-refractivity contribution is 0.0270. The van der Waals surface area contributed by atoms with Gasteiger partial charge in [-0.2, -0.15) is 0 Å². The molecule has 0 saturated carbocycles. The maximum Gasteiger partial charge on any atom is 0.410 e. The zero-order valence-electron chi connectivity index (χ0n) is 21.5. The van der Waals surface area contributed by atoms with Gasteiger partial charge in [0.1, 0.15) is 23.1 Å². The van der Waals surface area contributed by atoms with Gasteiger partial charge in [0.2, 0.25) is 0 Å². The first kappa shape index (κ1) is 26.4. The molecule has 1 atom stereocenters. The lowest BCUT2D eigenvalue weighted by atomic mass is 10.00. The smallest absolute Gasteiger partial charge is 0.410 e. The molecule has 0 spiro atoms. The third-order valence-corrected chi connectivity index (χ3v) is 6.01. The van der Waals surface area contributed by atoms with Crippen LogP contribution < -0.4 is 5.32 Å². The van der Waals surface area contributed by atoms with Gasteiger partial charge in [0.25, 0.3) is 6.43 Å². The third kappa shape index (κ3) is 6.00. The second-order valence-electron chi connectivity index (χ2n) is 10.0. The van der Waals surface area contributed by atoms with Gasteiger partial charge in [-0.25, -0.2) is 32.9 Å². The van der Waals surface area contributed by atoms with Crippen LogP contribution >= 0.6 is 0 Å². The molecule has 0 aliphatic carbocycles. The Morgan fingerprint density at radius 1 is 1.19 bits per heavy atom. The number of alkyl halides is 2. The van der Waals surface area contributed by atoms with E-state index < -0.39 is 29.4 Å². The van der Waals surface area contributed by atoms with Crippen molar-refractivity contribution in [2.45, 2.75) is 59.1 Å². The zero-order valence-corrected chi connectivity index (χ0v) is 21.5. The van der Waals surface area contributed by atoms with Gasteiger partial charge < -0.3 is 15.0 Å². The standard InChI is InChI=1S/C27H30F3N5O2/c1-15(19-7-6-8-20(22(19)28)23(29)30)32-25-21-13-18(14-31-24(21)33-16(2)34-25)17-9-11-35(12-10-17)26(36)37-27(3,4)5/h6-9,13-15,23H,10-12H2,1-5H3,(H,31,32,33,34)/t15-/m1/s1. The van der Waals surface area contributed by atoms with Crippen LogP contribution in [0.5, 0.6) is 0 Å². The average molecular weight is 514 g/mol. The van der Waals surface area contributed by atoms with Crippen molar-refractivity contribution in [1.29, 1.82) is 0 Å². The van der Waals surface area contributed by atoms with Gasteiger partial charge in [0.05, 0.1) is 17.0 Å². The normalized spacial score (nSPS) is 15.1. The predicted octanol–water partition coefficient (Wildman–Crippen LogP) is 6.61. The van der Waals surface area contributed by atoms with Gasteiger partial charge in [0, 0.05) is 24.8 Å². The van der Waals surface area contributed by atoms with Crippen LogP contribution in [-0.4, -0.2) is 44.6 Å². The predicted molar refractivity (Wildman–Crippen MR) is 136 cm³/mol. The molecule has 1 aromatic carbocycles. The highest BCUT2D eigenvalue weighted by Gasteiger charge is 2.25. The second kappa shape index (κ2) is 10.4. The Hall–Kier alpha value is -3.69. The molecule has 1 N–H and O–H groups in total. The minimum absolute atomic E-state index is 0.114. The number of nitrogens with zero attached hydrogens (tertiary/aromatic N) is 4. The quantitative estimate of drug-likeness (QED) is 0.414. The van der Waals surface area contributed by atoms with Crippen LogP contribution in [0.25, 0.3) is 16.6 Å².